The Balaban J connectivity index is 1.59. The highest BCUT2D eigenvalue weighted by Gasteiger charge is 2.62. The summed E-state index contributed by atoms with van der Waals surface area (Å²) in [5.74, 6) is 0.346. The van der Waals surface area contributed by atoms with Gasteiger partial charge in [-0.05, 0) is 36.3 Å². The molecule has 1 amide bonds. The zero-order valence-electron chi connectivity index (χ0n) is 15.2. The molecule has 1 aliphatic heterocycles. The van der Waals surface area contributed by atoms with E-state index in [0.717, 1.165) is 18.5 Å². The van der Waals surface area contributed by atoms with E-state index >= 15 is 0 Å². The molecule has 1 aliphatic carbocycles. The predicted octanol–water partition coefficient (Wildman–Crippen LogP) is 1.74. The van der Waals surface area contributed by atoms with E-state index in [0.29, 0.717) is 19.6 Å². The van der Waals surface area contributed by atoms with Crippen molar-refractivity contribution in [3.63, 3.8) is 0 Å². The van der Waals surface area contributed by atoms with Gasteiger partial charge in [-0.25, -0.2) is 12.7 Å². The van der Waals surface area contributed by atoms with Gasteiger partial charge in [0.15, 0.2) is 0 Å². The van der Waals surface area contributed by atoms with E-state index in [-0.39, 0.29) is 28.9 Å². The molecular formula is C18H27N3O3S. The molecule has 0 bridgehead atoms. The van der Waals surface area contributed by atoms with Gasteiger partial charge in [-0.1, -0.05) is 19.9 Å². The van der Waals surface area contributed by atoms with Crippen molar-refractivity contribution in [2.24, 2.45) is 17.3 Å². The number of amides is 1. The Morgan fingerprint density at radius 3 is 2.84 bits per heavy atom. The van der Waals surface area contributed by atoms with Gasteiger partial charge in [-0.2, -0.15) is 0 Å². The van der Waals surface area contributed by atoms with E-state index in [9.17, 15) is 13.2 Å². The van der Waals surface area contributed by atoms with Crippen LogP contribution in [0, 0.1) is 17.3 Å². The number of carbonyl (C=O) groups excluding carboxylic acids is 1. The average Bonchev–Trinajstić information content (AvgIpc) is 3.04. The van der Waals surface area contributed by atoms with Gasteiger partial charge in [0.1, 0.15) is 0 Å². The van der Waals surface area contributed by atoms with Crippen LogP contribution in [-0.2, 0) is 21.4 Å². The summed E-state index contributed by atoms with van der Waals surface area (Å²) in [5.41, 5.74) is 0.722. The molecule has 6 nitrogen and oxygen atoms in total. The zero-order valence-corrected chi connectivity index (χ0v) is 16.0. The molecule has 25 heavy (non-hydrogen) atoms. The summed E-state index contributed by atoms with van der Waals surface area (Å²) in [5, 5.41) is 0. The van der Waals surface area contributed by atoms with Gasteiger partial charge in [0.2, 0.25) is 15.9 Å². The molecule has 2 aliphatic rings. The third-order valence-corrected chi connectivity index (χ3v) is 7.46. The van der Waals surface area contributed by atoms with Gasteiger partial charge in [-0.15, -0.1) is 0 Å². The first kappa shape index (κ1) is 18.3. The summed E-state index contributed by atoms with van der Waals surface area (Å²) in [6.07, 6.45) is 3.31. The van der Waals surface area contributed by atoms with Crippen LogP contribution in [-0.4, -0.2) is 54.4 Å². The second-order valence-corrected chi connectivity index (χ2v) is 9.90. The minimum Gasteiger partial charge on any atom is -0.340 e. The maximum atomic E-state index is 12.7. The molecule has 1 saturated heterocycles. The van der Waals surface area contributed by atoms with E-state index in [1.807, 2.05) is 32.0 Å². The molecule has 3 rings (SSSR count). The molecule has 7 heteroatoms. The number of aromatic nitrogens is 1. The summed E-state index contributed by atoms with van der Waals surface area (Å²) in [7, 11) is -1.41. The number of sulfonamides is 1. The monoisotopic (exact) mass is 365 g/mol. The van der Waals surface area contributed by atoms with Crippen LogP contribution in [0.25, 0.3) is 0 Å². The maximum absolute atomic E-state index is 12.7. The summed E-state index contributed by atoms with van der Waals surface area (Å²) in [6, 6.07) is 5.67. The van der Waals surface area contributed by atoms with Crippen molar-refractivity contribution < 1.29 is 13.2 Å². The SMILES string of the molecule is CC(C)CS(=O)(=O)N1CC[C@@]2(C[C@H]2C(=O)N(C)Cc2ccccn2)C1. The topological polar surface area (TPSA) is 70.6 Å². The molecular weight excluding hydrogens is 338 g/mol. The molecule has 0 unspecified atom stereocenters. The highest BCUT2D eigenvalue weighted by Crippen LogP contribution is 2.59. The van der Waals surface area contributed by atoms with E-state index < -0.39 is 10.0 Å². The van der Waals surface area contributed by atoms with Crippen LogP contribution in [0.3, 0.4) is 0 Å². The van der Waals surface area contributed by atoms with Gasteiger partial charge >= 0.3 is 0 Å². The minimum atomic E-state index is -3.21. The third kappa shape index (κ3) is 3.87. The summed E-state index contributed by atoms with van der Waals surface area (Å²) in [4.78, 5) is 18.7. The van der Waals surface area contributed by atoms with Crippen molar-refractivity contribution in [2.75, 3.05) is 25.9 Å². The van der Waals surface area contributed by atoms with Gasteiger partial charge in [0, 0.05) is 32.3 Å². The highest BCUT2D eigenvalue weighted by atomic mass is 32.2. The Morgan fingerprint density at radius 2 is 2.20 bits per heavy atom. The molecule has 2 fully saturated rings. The van der Waals surface area contributed by atoms with E-state index in [1.54, 1.807) is 22.4 Å². The standard InChI is InChI=1S/C18H27N3O3S/c1-14(2)12-25(23,24)21-9-7-18(13-21)10-16(18)17(22)20(3)11-15-6-4-5-8-19-15/h4-6,8,14,16H,7,9-13H2,1-3H3/t16-,18+/m0/s1. The summed E-state index contributed by atoms with van der Waals surface area (Å²) < 4.78 is 26.5. The smallest absolute Gasteiger partial charge is 0.226 e. The lowest BCUT2D eigenvalue weighted by atomic mass is 10.0. The maximum Gasteiger partial charge on any atom is 0.226 e. The molecule has 2 heterocycles. The molecule has 0 N–H and O–H groups in total. The van der Waals surface area contributed by atoms with Crippen LogP contribution < -0.4 is 0 Å². The molecule has 2 atom stereocenters. The molecule has 1 saturated carbocycles. The van der Waals surface area contributed by atoms with Crippen LogP contribution in [0.15, 0.2) is 24.4 Å². The normalized spacial score (nSPS) is 26.3. The van der Waals surface area contributed by atoms with Crippen LogP contribution >= 0.6 is 0 Å². The predicted molar refractivity (Wildman–Crippen MR) is 96.1 cm³/mol. The van der Waals surface area contributed by atoms with Crippen molar-refractivity contribution in [3.8, 4) is 0 Å². The first-order chi connectivity index (χ1) is 11.7. The van der Waals surface area contributed by atoms with Crippen LogP contribution in [0.2, 0.25) is 0 Å². The van der Waals surface area contributed by atoms with E-state index in [4.69, 9.17) is 0 Å². The Labute approximate surface area is 150 Å². The summed E-state index contributed by atoms with van der Waals surface area (Å²) in [6.45, 7) is 5.36. The quantitative estimate of drug-likeness (QED) is 0.770. The lowest BCUT2D eigenvalue weighted by molar-refractivity contribution is -0.132. The largest absolute Gasteiger partial charge is 0.340 e. The van der Waals surface area contributed by atoms with Crippen molar-refractivity contribution >= 4 is 15.9 Å². The number of nitrogens with zero attached hydrogens (tertiary/aromatic N) is 3. The van der Waals surface area contributed by atoms with E-state index in [2.05, 4.69) is 4.98 Å². The average molecular weight is 365 g/mol. The van der Waals surface area contributed by atoms with Crippen LogP contribution in [0.1, 0.15) is 32.4 Å². The number of hydrogen-bond acceptors (Lipinski definition) is 4. The van der Waals surface area contributed by atoms with Gasteiger partial charge < -0.3 is 4.90 Å². The van der Waals surface area contributed by atoms with Gasteiger partial charge in [-0.3, -0.25) is 9.78 Å². The Bertz CT molecular complexity index is 735. The van der Waals surface area contributed by atoms with Crippen molar-refractivity contribution in [3.05, 3.63) is 30.1 Å². The molecule has 138 valence electrons. The third-order valence-electron chi connectivity index (χ3n) is 5.28. The van der Waals surface area contributed by atoms with Crippen molar-refractivity contribution in [1.82, 2.24) is 14.2 Å². The fraction of sp³-hybridized carbons (Fsp3) is 0.667. The van der Waals surface area contributed by atoms with Crippen LogP contribution in [0.5, 0.6) is 0 Å². The highest BCUT2D eigenvalue weighted by molar-refractivity contribution is 7.89. The Kier molecular flexibility index (Phi) is 4.90. The number of rotatable bonds is 6. The zero-order chi connectivity index (χ0) is 18.2. The van der Waals surface area contributed by atoms with E-state index in [1.165, 1.54) is 0 Å². The van der Waals surface area contributed by atoms with Crippen LogP contribution in [0.4, 0.5) is 0 Å². The van der Waals surface area contributed by atoms with Gasteiger partial charge in [0.05, 0.1) is 18.0 Å². The first-order valence-electron chi connectivity index (χ1n) is 8.86. The second kappa shape index (κ2) is 6.68. The van der Waals surface area contributed by atoms with Crippen molar-refractivity contribution in [2.45, 2.75) is 33.2 Å². The fourth-order valence-electron chi connectivity index (χ4n) is 3.85. The lowest BCUT2D eigenvalue weighted by Crippen LogP contribution is -2.34. The van der Waals surface area contributed by atoms with Crippen molar-refractivity contribution in [1.29, 1.82) is 0 Å². The molecule has 1 aromatic heterocycles. The number of carbonyl (C=O) groups is 1. The number of pyridine rings is 1. The Morgan fingerprint density at radius 1 is 1.44 bits per heavy atom. The molecule has 1 spiro atoms. The second-order valence-electron chi connectivity index (χ2n) is 7.89. The lowest BCUT2D eigenvalue weighted by Gasteiger charge is -2.20. The number of hydrogen-bond donors (Lipinski definition) is 0. The fourth-order valence-corrected chi connectivity index (χ4v) is 5.72. The molecule has 0 aromatic carbocycles. The molecule has 0 radical (unpaired) electrons. The first-order valence-corrected chi connectivity index (χ1v) is 10.5. The Hall–Kier alpha value is -1.47. The molecule has 1 aromatic rings. The minimum absolute atomic E-state index is 0.0551. The summed E-state index contributed by atoms with van der Waals surface area (Å²) >= 11 is 0. The van der Waals surface area contributed by atoms with Gasteiger partial charge in [0.25, 0.3) is 0 Å².